The van der Waals surface area contributed by atoms with E-state index in [2.05, 4.69) is 10.9 Å². The predicted molar refractivity (Wildman–Crippen MR) is 58.9 cm³/mol. The maximum atomic E-state index is 12.8. The molecule has 1 fully saturated rings. The molecule has 1 heterocycles. The number of hydrogen-bond donors (Lipinski definition) is 2. The predicted octanol–water partition coefficient (Wildman–Crippen LogP) is 0.388. The van der Waals surface area contributed by atoms with Gasteiger partial charge < -0.3 is 0 Å². The van der Waals surface area contributed by atoms with Gasteiger partial charge in [0.2, 0.25) is 0 Å². The molecular formula is C10H13FN2O2S. The number of benzene rings is 1. The monoisotopic (exact) mass is 244 g/mol. The number of halogens is 1. The highest BCUT2D eigenvalue weighted by Crippen LogP contribution is 2.25. The van der Waals surface area contributed by atoms with Gasteiger partial charge >= 0.3 is 0 Å². The molecule has 0 amide bonds. The Morgan fingerprint density at radius 3 is 2.50 bits per heavy atom. The lowest BCUT2D eigenvalue weighted by atomic mass is 10.0. The SMILES string of the molecule is CS(=O)(=O)C1NNCC1c1ccc(F)cc1. The smallest absolute Gasteiger partial charge is 0.165 e. The third kappa shape index (κ3) is 2.23. The maximum absolute atomic E-state index is 12.8. The molecule has 6 heteroatoms. The summed E-state index contributed by atoms with van der Waals surface area (Å²) in [4.78, 5) is 0. The molecule has 1 aliphatic heterocycles. The van der Waals surface area contributed by atoms with Crippen molar-refractivity contribution in [2.75, 3.05) is 12.8 Å². The van der Waals surface area contributed by atoms with Crippen LogP contribution in [0.25, 0.3) is 0 Å². The lowest BCUT2D eigenvalue weighted by Crippen LogP contribution is -2.37. The first-order valence-electron chi connectivity index (χ1n) is 4.91. The summed E-state index contributed by atoms with van der Waals surface area (Å²) in [5.74, 6) is -0.505. The molecule has 88 valence electrons. The van der Waals surface area contributed by atoms with Crippen LogP contribution in [-0.4, -0.2) is 26.6 Å². The maximum Gasteiger partial charge on any atom is 0.165 e. The average molecular weight is 244 g/mol. The van der Waals surface area contributed by atoms with E-state index in [1.165, 1.54) is 18.4 Å². The van der Waals surface area contributed by atoms with E-state index in [0.29, 0.717) is 6.54 Å². The molecule has 0 aromatic heterocycles. The number of sulfone groups is 1. The van der Waals surface area contributed by atoms with Crippen molar-refractivity contribution in [1.29, 1.82) is 0 Å². The van der Waals surface area contributed by atoms with Crippen LogP contribution in [0.3, 0.4) is 0 Å². The summed E-state index contributed by atoms with van der Waals surface area (Å²) in [6.45, 7) is 0.517. The van der Waals surface area contributed by atoms with Crippen LogP contribution in [0.4, 0.5) is 4.39 Å². The fourth-order valence-electron chi connectivity index (χ4n) is 1.89. The Balaban J connectivity index is 2.30. The van der Waals surface area contributed by atoms with Crippen LogP contribution in [0.5, 0.6) is 0 Å². The Morgan fingerprint density at radius 1 is 1.31 bits per heavy atom. The minimum Gasteiger partial charge on any atom is -0.256 e. The molecule has 16 heavy (non-hydrogen) atoms. The molecule has 0 radical (unpaired) electrons. The molecule has 2 atom stereocenters. The van der Waals surface area contributed by atoms with Crippen molar-refractivity contribution in [3.63, 3.8) is 0 Å². The van der Waals surface area contributed by atoms with Crippen molar-refractivity contribution < 1.29 is 12.8 Å². The highest BCUT2D eigenvalue weighted by Gasteiger charge is 2.35. The number of nitrogens with one attached hydrogen (secondary N) is 2. The van der Waals surface area contributed by atoms with Gasteiger partial charge in [0.15, 0.2) is 9.84 Å². The lowest BCUT2D eigenvalue weighted by Gasteiger charge is -2.16. The molecule has 1 aromatic carbocycles. The number of hydrazine groups is 1. The first-order valence-corrected chi connectivity index (χ1v) is 6.86. The Kier molecular flexibility index (Phi) is 2.96. The summed E-state index contributed by atoms with van der Waals surface area (Å²) in [5.41, 5.74) is 6.36. The first kappa shape index (κ1) is 11.5. The van der Waals surface area contributed by atoms with Gasteiger partial charge in [0.25, 0.3) is 0 Å². The molecule has 1 aliphatic rings. The second-order valence-corrected chi connectivity index (χ2v) is 6.10. The third-order valence-corrected chi connectivity index (χ3v) is 4.06. The zero-order valence-electron chi connectivity index (χ0n) is 8.77. The Morgan fingerprint density at radius 2 is 1.94 bits per heavy atom. The molecule has 1 saturated heterocycles. The minimum absolute atomic E-state index is 0.185. The van der Waals surface area contributed by atoms with Gasteiger partial charge in [-0.25, -0.2) is 18.2 Å². The van der Waals surface area contributed by atoms with E-state index < -0.39 is 15.2 Å². The Labute approximate surface area is 93.7 Å². The molecule has 0 saturated carbocycles. The molecule has 0 bridgehead atoms. The molecule has 1 aromatic rings. The highest BCUT2D eigenvalue weighted by molar-refractivity contribution is 7.91. The zero-order chi connectivity index (χ0) is 11.8. The van der Waals surface area contributed by atoms with Gasteiger partial charge in [-0.1, -0.05) is 12.1 Å². The van der Waals surface area contributed by atoms with E-state index in [4.69, 9.17) is 0 Å². The fraction of sp³-hybridized carbons (Fsp3) is 0.400. The fourth-order valence-corrected chi connectivity index (χ4v) is 3.03. The molecular weight excluding hydrogens is 231 g/mol. The number of rotatable bonds is 2. The molecule has 2 N–H and O–H groups in total. The summed E-state index contributed by atoms with van der Waals surface area (Å²) in [5, 5.41) is -0.655. The summed E-state index contributed by atoms with van der Waals surface area (Å²) in [7, 11) is -3.18. The second kappa shape index (κ2) is 4.12. The van der Waals surface area contributed by atoms with Crippen LogP contribution in [-0.2, 0) is 9.84 Å². The minimum atomic E-state index is -3.18. The van der Waals surface area contributed by atoms with Gasteiger partial charge in [0.1, 0.15) is 11.2 Å². The molecule has 2 unspecified atom stereocenters. The second-order valence-electron chi connectivity index (χ2n) is 3.93. The van der Waals surface area contributed by atoms with E-state index in [1.54, 1.807) is 12.1 Å². The van der Waals surface area contributed by atoms with Gasteiger partial charge in [0.05, 0.1) is 0 Å². The lowest BCUT2D eigenvalue weighted by molar-refractivity contribution is 0.558. The van der Waals surface area contributed by atoms with Crippen LogP contribution in [0.15, 0.2) is 24.3 Å². The largest absolute Gasteiger partial charge is 0.256 e. The van der Waals surface area contributed by atoms with Crippen molar-refractivity contribution in [3.05, 3.63) is 35.6 Å². The van der Waals surface area contributed by atoms with Gasteiger partial charge in [-0.15, -0.1) is 0 Å². The van der Waals surface area contributed by atoms with Gasteiger partial charge in [-0.05, 0) is 17.7 Å². The van der Waals surface area contributed by atoms with Gasteiger partial charge in [0, 0.05) is 18.7 Å². The topological polar surface area (TPSA) is 58.2 Å². The van der Waals surface area contributed by atoms with E-state index in [9.17, 15) is 12.8 Å². The normalized spacial score (nSPS) is 25.9. The van der Waals surface area contributed by atoms with E-state index in [-0.39, 0.29) is 11.7 Å². The molecule has 4 nitrogen and oxygen atoms in total. The van der Waals surface area contributed by atoms with Crippen LogP contribution in [0, 0.1) is 5.82 Å². The summed E-state index contributed by atoms with van der Waals surface area (Å²) in [6, 6.07) is 5.92. The first-order chi connectivity index (χ1) is 7.48. The van der Waals surface area contributed by atoms with Crippen molar-refractivity contribution in [2.24, 2.45) is 0 Å². The molecule has 2 rings (SSSR count). The highest BCUT2D eigenvalue weighted by atomic mass is 32.2. The Bertz CT molecular complexity index is 472. The van der Waals surface area contributed by atoms with Crippen LogP contribution >= 0.6 is 0 Å². The van der Waals surface area contributed by atoms with Crippen LogP contribution in [0.2, 0.25) is 0 Å². The average Bonchev–Trinajstić information content (AvgIpc) is 2.66. The van der Waals surface area contributed by atoms with Crippen molar-refractivity contribution >= 4 is 9.84 Å². The van der Waals surface area contributed by atoms with Crippen LogP contribution in [0.1, 0.15) is 11.5 Å². The number of hydrogen-bond acceptors (Lipinski definition) is 4. The summed E-state index contributed by atoms with van der Waals surface area (Å²) in [6.07, 6.45) is 1.19. The quantitative estimate of drug-likeness (QED) is 0.790. The third-order valence-electron chi connectivity index (χ3n) is 2.69. The Hall–Kier alpha value is -0.980. The van der Waals surface area contributed by atoms with Crippen LogP contribution < -0.4 is 10.9 Å². The van der Waals surface area contributed by atoms with Crippen molar-refractivity contribution in [1.82, 2.24) is 10.9 Å². The van der Waals surface area contributed by atoms with Crippen molar-refractivity contribution in [3.8, 4) is 0 Å². The molecule has 0 spiro atoms. The van der Waals surface area contributed by atoms with E-state index in [1.807, 2.05) is 0 Å². The molecule has 0 aliphatic carbocycles. The van der Waals surface area contributed by atoms with Gasteiger partial charge in [-0.3, -0.25) is 5.43 Å². The standard InChI is InChI=1S/C10H13FN2O2S/c1-16(14,15)10-9(6-12-13-10)7-2-4-8(11)5-3-7/h2-5,9-10,12-13H,6H2,1H3. The zero-order valence-corrected chi connectivity index (χ0v) is 9.59. The summed E-state index contributed by atoms with van der Waals surface area (Å²) >= 11 is 0. The van der Waals surface area contributed by atoms with E-state index in [0.717, 1.165) is 5.56 Å². The van der Waals surface area contributed by atoms with Gasteiger partial charge in [-0.2, -0.15) is 0 Å². The van der Waals surface area contributed by atoms with Crippen molar-refractivity contribution in [2.45, 2.75) is 11.3 Å². The summed E-state index contributed by atoms with van der Waals surface area (Å²) < 4.78 is 35.8. The van der Waals surface area contributed by atoms with E-state index >= 15 is 0 Å².